The molecule has 7 heteroatoms. The van der Waals surface area contributed by atoms with Crippen molar-refractivity contribution in [2.45, 2.75) is 38.3 Å². The van der Waals surface area contributed by atoms with E-state index >= 15 is 0 Å². The van der Waals surface area contributed by atoms with Gasteiger partial charge in [-0.3, -0.25) is 0 Å². The molecule has 0 amide bonds. The van der Waals surface area contributed by atoms with Gasteiger partial charge in [0.25, 0.3) is 0 Å². The molecule has 17 heavy (non-hydrogen) atoms. The maximum Gasteiger partial charge on any atom is 0.330 e. The second-order valence-corrected chi connectivity index (χ2v) is 3.94. The van der Waals surface area contributed by atoms with Gasteiger partial charge < -0.3 is 14.8 Å². The van der Waals surface area contributed by atoms with Gasteiger partial charge in [-0.2, -0.15) is 8.78 Å². The highest BCUT2D eigenvalue weighted by Gasteiger charge is 2.41. The van der Waals surface area contributed by atoms with Gasteiger partial charge in [0.15, 0.2) is 0 Å². The molecular formula is C10H19F4NO2. The molecule has 0 saturated heterocycles. The van der Waals surface area contributed by atoms with Crippen molar-refractivity contribution in [3.05, 3.63) is 0 Å². The summed E-state index contributed by atoms with van der Waals surface area (Å²) in [5.74, 6) is -4.10. The van der Waals surface area contributed by atoms with Crippen LogP contribution in [0, 0.1) is 0 Å². The van der Waals surface area contributed by atoms with E-state index < -0.39 is 19.0 Å². The van der Waals surface area contributed by atoms with Crippen LogP contribution in [-0.2, 0) is 9.47 Å². The average Bonchev–Trinajstić information content (AvgIpc) is 2.22. The van der Waals surface area contributed by atoms with Crippen molar-refractivity contribution < 1.29 is 27.0 Å². The van der Waals surface area contributed by atoms with Crippen LogP contribution in [0.25, 0.3) is 0 Å². The van der Waals surface area contributed by atoms with E-state index in [-0.39, 0.29) is 25.4 Å². The number of hydrogen-bond acceptors (Lipinski definition) is 3. The minimum absolute atomic E-state index is 0.00774. The van der Waals surface area contributed by atoms with E-state index in [0.717, 1.165) is 0 Å². The summed E-state index contributed by atoms with van der Waals surface area (Å²) >= 11 is 0. The fourth-order valence-electron chi connectivity index (χ4n) is 0.924. The third-order valence-electron chi connectivity index (χ3n) is 1.97. The molecule has 0 bridgehead atoms. The number of nitrogens with one attached hydrogen (secondary N) is 1. The van der Waals surface area contributed by atoms with Gasteiger partial charge >= 0.3 is 12.3 Å². The van der Waals surface area contributed by atoms with Crippen LogP contribution in [0.4, 0.5) is 17.6 Å². The summed E-state index contributed by atoms with van der Waals surface area (Å²) in [4.78, 5) is 0. The van der Waals surface area contributed by atoms with Gasteiger partial charge in [0, 0.05) is 0 Å². The zero-order valence-corrected chi connectivity index (χ0v) is 10.2. The van der Waals surface area contributed by atoms with E-state index in [4.69, 9.17) is 4.74 Å². The van der Waals surface area contributed by atoms with E-state index in [2.05, 4.69) is 10.1 Å². The summed E-state index contributed by atoms with van der Waals surface area (Å²) in [6, 6.07) is -0.300. The summed E-state index contributed by atoms with van der Waals surface area (Å²) in [6.45, 7) is 2.54. The molecule has 104 valence electrons. The molecule has 3 nitrogen and oxygen atoms in total. The predicted octanol–water partition coefficient (Wildman–Crippen LogP) is 1.92. The van der Waals surface area contributed by atoms with E-state index in [1.54, 1.807) is 7.05 Å². The highest BCUT2D eigenvalue weighted by atomic mass is 19.3. The van der Waals surface area contributed by atoms with Gasteiger partial charge in [-0.15, -0.1) is 0 Å². The van der Waals surface area contributed by atoms with Gasteiger partial charge in [0.2, 0.25) is 0 Å². The maximum atomic E-state index is 12.5. The SMILES string of the molecule is CNC(COCC(F)(F)C(F)F)COC(C)C. The van der Waals surface area contributed by atoms with Crippen LogP contribution in [0.2, 0.25) is 0 Å². The molecule has 0 rings (SSSR count). The summed E-state index contributed by atoms with van der Waals surface area (Å²) in [5, 5.41) is 2.79. The van der Waals surface area contributed by atoms with E-state index in [0.29, 0.717) is 0 Å². The monoisotopic (exact) mass is 261 g/mol. The Labute approximate surface area is 98.5 Å². The molecule has 0 heterocycles. The van der Waals surface area contributed by atoms with Gasteiger partial charge in [-0.05, 0) is 20.9 Å². The number of rotatable bonds is 9. The molecule has 1 unspecified atom stereocenters. The molecule has 0 radical (unpaired) electrons. The van der Waals surface area contributed by atoms with Gasteiger partial charge in [0.1, 0.15) is 6.61 Å². The normalized spacial score (nSPS) is 14.6. The van der Waals surface area contributed by atoms with Crippen LogP contribution in [0.5, 0.6) is 0 Å². The second-order valence-electron chi connectivity index (χ2n) is 3.94. The summed E-state index contributed by atoms with van der Waals surface area (Å²) in [7, 11) is 1.61. The molecule has 0 aromatic heterocycles. The van der Waals surface area contributed by atoms with E-state index in [1.807, 2.05) is 13.8 Å². The topological polar surface area (TPSA) is 30.5 Å². The Morgan fingerprint density at radius 3 is 2.18 bits per heavy atom. The lowest BCUT2D eigenvalue weighted by Gasteiger charge is -2.20. The molecule has 0 spiro atoms. The lowest BCUT2D eigenvalue weighted by molar-refractivity contribution is -0.167. The van der Waals surface area contributed by atoms with Crippen LogP contribution < -0.4 is 5.32 Å². The first-order valence-corrected chi connectivity index (χ1v) is 5.32. The predicted molar refractivity (Wildman–Crippen MR) is 55.7 cm³/mol. The van der Waals surface area contributed by atoms with E-state index in [1.165, 1.54) is 0 Å². The van der Waals surface area contributed by atoms with Gasteiger partial charge in [-0.1, -0.05) is 0 Å². The molecule has 1 N–H and O–H groups in total. The van der Waals surface area contributed by atoms with Crippen molar-refractivity contribution in [1.82, 2.24) is 5.32 Å². The van der Waals surface area contributed by atoms with Crippen LogP contribution in [0.3, 0.4) is 0 Å². The van der Waals surface area contributed by atoms with Gasteiger partial charge in [-0.25, -0.2) is 8.78 Å². The number of ether oxygens (including phenoxy) is 2. The van der Waals surface area contributed by atoms with Crippen molar-refractivity contribution in [3.63, 3.8) is 0 Å². The molecule has 0 aliphatic carbocycles. The Balaban J connectivity index is 3.84. The van der Waals surface area contributed by atoms with Crippen LogP contribution in [0.15, 0.2) is 0 Å². The first-order valence-electron chi connectivity index (χ1n) is 5.32. The summed E-state index contributed by atoms with van der Waals surface area (Å²) in [6.07, 6.45) is -3.70. The first-order chi connectivity index (χ1) is 7.79. The highest BCUT2D eigenvalue weighted by Crippen LogP contribution is 2.22. The number of likely N-dealkylation sites (N-methyl/N-ethyl adjacent to an activating group) is 1. The van der Waals surface area contributed by atoms with Crippen molar-refractivity contribution >= 4 is 0 Å². The lowest BCUT2D eigenvalue weighted by atomic mass is 10.3. The van der Waals surface area contributed by atoms with Crippen LogP contribution in [-0.4, -0.2) is 51.4 Å². The van der Waals surface area contributed by atoms with Crippen molar-refractivity contribution in [2.75, 3.05) is 26.9 Å². The van der Waals surface area contributed by atoms with Crippen molar-refractivity contribution in [3.8, 4) is 0 Å². The number of alkyl halides is 4. The molecule has 0 aliphatic rings. The summed E-state index contributed by atoms with van der Waals surface area (Å²) in [5.41, 5.74) is 0. The molecule has 0 aromatic carbocycles. The Hall–Kier alpha value is -0.400. The quantitative estimate of drug-likeness (QED) is 0.643. The van der Waals surface area contributed by atoms with Crippen molar-refractivity contribution in [1.29, 1.82) is 0 Å². The minimum Gasteiger partial charge on any atom is -0.377 e. The zero-order valence-electron chi connectivity index (χ0n) is 10.2. The minimum atomic E-state index is -4.10. The molecule has 0 saturated carbocycles. The highest BCUT2D eigenvalue weighted by molar-refractivity contribution is 4.69. The maximum absolute atomic E-state index is 12.5. The van der Waals surface area contributed by atoms with Crippen molar-refractivity contribution in [2.24, 2.45) is 0 Å². The summed E-state index contributed by atoms with van der Waals surface area (Å²) < 4.78 is 58.4. The van der Waals surface area contributed by atoms with Crippen LogP contribution >= 0.6 is 0 Å². The third kappa shape index (κ3) is 7.51. The fourth-order valence-corrected chi connectivity index (χ4v) is 0.924. The second kappa shape index (κ2) is 7.84. The average molecular weight is 261 g/mol. The Morgan fingerprint density at radius 1 is 1.18 bits per heavy atom. The smallest absolute Gasteiger partial charge is 0.330 e. The van der Waals surface area contributed by atoms with Crippen LogP contribution in [0.1, 0.15) is 13.8 Å². The molecule has 0 aliphatic heterocycles. The zero-order chi connectivity index (χ0) is 13.5. The molecular weight excluding hydrogens is 242 g/mol. The molecule has 0 aromatic rings. The standard InChI is InChI=1S/C10H19F4NO2/c1-7(2)17-5-8(15-3)4-16-6-10(13,14)9(11)12/h7-9,15H,4-6H2,1-3H3. The number of halogens is 4. The Morgan fingerprint density at radius 2 is 1.76 bits per heavy atom. The fraction of sp³-hybridized carbons (Fsp3) is 1.00. The largest absolute Gasteiger partial charge is 0.377 e. The van der Waals surface area contributed by atoms with Gasteiger partial charge in [0.05, 0.1) is 25.4 Å². The third-order valence-corrected chi connectivity index (χ3v) is 1.97. The first kappa shape index (κ1) is 16.6. The Bertz CT molecular complexity index is 203. The Kier molecular flexibility index (Phi) is 7.65. The molecule has 1 atom stereocenters. The lowest BCUT2D eigenvalue weighted by Crippen LogP contribution is -2.39. The van der Waals surface area contributed by atoms with E-state index in [9.17, 15) is 17.6 Å². The molecule has 0 fully saturated rings. The number of hydrogen-bond donors (Lipinski definition) is 1.